The standard InChI is InChI=1S/C20H24ClN5O/c1-25(12-19-23-7-5-18(22)24-19)15-6-8-26(11-15)20(27)17-10-16(17)13-3-2-4-14(21)9-13/h2-5,7,9,15-17H,6,8,10-12H2,1H3,(H2,22,23,24)/t15-,16+,17-/m1/s1. The number of carbonyl (C=O) groups excluding carboxylic acids is 1. The van der Waals surface area contributed by atoms with Crippen molar-refractivity contribution in [3.8, 4) is 0 Å². The molecule has 0 bridgehead atoms. The minimum Gasteiger partial charge on any atom is -0.384 e. The van der Waals surface area contributed by atoms with Crippen LogP contribution >= 0.6 is 11.6 Å². The maximum Gasteiger partial charge on any atom is 0.226 e. The smallest absolute Gasteiger partial charge is 0.226 e. The Hall–Kier alpha value is -2.18. The van der Waals surface area contributed by atoms with Crippen LogP contribution in [0.25, 0.3) is 0 Å². The Morgan fingerprint density at radius 1 is 1.41 bits per heavy atom. The number of likely N-dealkylation sites (N-methyl/N-ethyl adjacent to an activating group) is 1. The number of likely N-dealkylation sites (tertiary alicyclic amines) is 1. The fourth-order valence-corrected chi connectivity index (χ4v) is 4.15. The second kappa shape index (κ2) is 7.44. The van der Waals surface area contributed by atoms with Crippen molar-refractivity contribution < 1.29 is 4.79 Å². The molecule has 1 aromatic heterocycles. The summed E-state index contributed by atoms with van der Waals surface area (Å²) in [7, 11) is 2.05. The van der Waals surface area contributed by atoms with Crippen LogP contribution in [0.15, 0.2) is 36.5 Å². The summed E-state index contributed by atoms with van der Waals surface area (Å²) in [6.45, 7) is 2.20. The van der Waals surface area contributed by atoms with Crippen molar-refractivity contribution in [2.75, 3.05) is 25.9 Å². The Morgan fingerprint density at radius 3 is 3.04 bits per heavy atom. The van der Waals surface area contributed by atoms with Crippen LogP contribution in [0.5, 0.6) is 0 Å². The molecule has 2 N–H and O–H groups in total. The molecule has 1 aliphatic carbocycles. The summed E-state index contributed by atoms with van der Waals surface area (Å²) in [5.41, 5.74) is 6.90. The monoisotopic (exact) mass is 385 g/mol. The van der Waals surface area contributed by atoms with Gasteiger partial charge < -0.3 is 10.6 Å². The van der Waals surface area contributed by atoms with Crippen LogP contribution in [0.3, 0.4) is 0 Å². The Kier molecular flexibility index (Phi) is 5.02. The van der Waals surface area contributed by atoms with E-state index in [1.54, 1.807) is 12.3 Å². The lowest BCUT2D eigenvalue weighted by Gasteiger charge is -2.24. The molecule has 4 rings (SSSR count). The minimum absolute atomic E-state index is 0.102. The van der Waals surface area contributed by atoms with E-state index in [1.165, 1.54) is 5.56 Å². The quantitative estimate of drug-likeness (QED) is 0.856. The number of nitrogens with zero attached hydrogens (tertiary/aromatic N) is 4. The first kappa shape index (κ1) is 18.2. The summed E-state index contributed by atoms with van der Waals surface area (Å²) >= 11 is 6.08. The number of carbonyl (C=O) groups is 1. The number of hydrogen-bond donors (Lipinski definition) is 1. The summed E-state index contributed by atoms with van der Waals surface area (Å²) in [6.07, 6.45) is 3.57. The summed E-state index contributed by atoms with van der Waals surface area (Å²) in [6, 6.07) is 9.88. The Balaban J connectivity index is 1.32. The van der Waals surface area contributed by atoms with Crippen LogP contribution in [0, 0.1) is 5.92 Å². The van der Waals surface area contributed by atoms with Gasteiger partial charge in [-0.2, -0.15) is 0 Å². The summed E-state index contributed by atoms with van der Waals surface area (Å²) in [5, 5.41) is 0.734. The van der Waals surface area contributed by atoms with Gasteiger partial charge in [0, 0.05) is 36.3 Å². The number of anilines is 1. The van der Waals surface area contributed by atoms with Crippen molar-refractivity contribution in [2.45, 2.75) is 31.3 Å². The molecule has 2 aromatic rings. The molecule has 2 fully saturated rings. The van der Waals surface area contributed by atoms with Gasteiger partial charge in [0.2, 0.25) is 5.91 Å². The largest absolute Gasteiger partial charge is 0.384 e. The van der Waals surface area contributed by atoms with Crippen LogP contribution in [0.2, 0.25) is 5.02 Å². The first-order valence-electron chi connectivity index (χ1n) is 9.33. The molecule has 1 saturated carbocycles. The third-order valence-electron chi connectivity index (χ3n) is 5.60. The molecule has 1 aliphatic heterocycles. The van der Waals surface area contributed by atoms with E-state index in [0.29, 0.717) is 30.1 Å². The lowest BCUT2D eigenvalue weighted by Crippen LogP contribution is -2.37. The number of hydrogen-bond acceptors (Lipinski definition) is 5. The third-order valence-corrected chi connectivity index (χ3v) is 5.84. The van der Waals surface area contributed by atoms with E-state index in [9.17, 15) is 4.79 Å². The molecule has 0 spiro atoms. The highest BCUT2D eigenvalue weighted by atomic mass is 35.5. The molecule has 0 unspecified atom stereocenters. The second-order valence-electron chi connectivity index (χ2n) is 7.54. The average Bonchev–Trinajstić information content (AvgIpc) is 3.29. The topological polar surface area (TPSA) is 75.4 Å². The number of nitrogen functional groups attached to an aromatic ring is 1. The van der Waals surface area contributed by atoms with E-state index in [2.05, 4.69) is 28.0 Å². The van der Waals surface area contributed by atoms with Crippen LogP contribution in [0.1, 0.15) is 30.1 Å². The van der Waals surface area contributed by atoms with Gasteiger partial charge in [-0.25, -0.2) is 9.97 Å². The summed E-state index contributed by atoms with van der Waals surface area (Å²) in [5.74, 6) is 1.89. The van der Waals surface area contributed by atoms with Crippen molar-refractivity contribution in [3.05, 3.63) is 52.9 Å². The number of nitrogens with two attached hydrogens (primary N) is 1. The van der Waals surface area contributed by atoms with Crippen molar-refractivity contribution in [1.29, 1.82) is 0 Å². The van der Waals surface area contributed by atoms with Gasteiger partial charge in [0.15, 0.2) is 0 Å². The molecule has 2 aliphatic rings. The van der Waals surface area contributed by atoms with E-state index >= 15 is 0 Å². The van der Waals surface area contributed by atoms with E-state index in [0.717, 1.165) is 31.0 Å². The Morgan fingerprint density at radius 2 is 2.26 bits per heavy atom. The van der Waals surface area contributed by atoms with Crippen molar-refractivity contribution in [2.24, 2.45) is 5.92 Å². The van der Waals surface area contributed by atoms with Crippen molar-refractivity contribution in [3.63, 3.8) is 0 Å². The Labute approximate surface area is 164 Å². The minimum atomic E-state index is 0.102. The van der Waals surface area contributed by atoms with Gasteiger partial charge in [-0.3, -0.25) is 9.69 Å². The van der Waals surface area contributed by atoms with Gasteiger partial charge in [-0.05, 0) is 49.6 Å². The highest BCUT2D eigenvalue weighted by Gasteiger charge is 2.47. The average molecular weight is 386 g/mol. The van der Waals surface area contributed by atoms with Gasteiger partial charge in [0.05, 0.1) is 6.54 Å². The van der Waals surface area contributed by atoms with Gasteiger partial charge in [-0.15, -0.1) is 0 Å². The second-order valence-corrected chi connectivity index (χ2v) is 7.98. The van der Waals surface area contributed by atoms with E-state index in [4.69, 9.17) is 17.3 Å². The predicted octanol–water partition coefficient (Wildman–Crippen LogP) is 2.55. The first-order valence-corrected chi connectivity index (χ1v) is 9.71. The molecule has 7 heteroatoms. The molecule has 6 nitrogen and oxygen atoms in total. The number of benzene rings is 1. The maximum atomic E-state index is 12.9. The zero-order valence-electron chi connectivity index (χ0n) is 15.4. The van der Waals surface area contributed by atoms with Crippen LogP contribution in [0.4, 0.5) is 5.82 Å². The summed E-state index contributed by atoms with van der Waals surface area (Å²) < 4.78 is 0. The fraction of sp³-hybridized carbons (Fsp3) is 0.450. The lowest BCUT2D eigenvalue weighted by atomic mass is 10.1. The number of amides is 1. The van der Waals surface area contributed by atoms with Crippen molar-refractivity contribution in [1.82, 2.24) is 19.8 Å². The molecule has 27 heavy (non-hydrogen) atoms. The molecule has 3 atom stereocenters. The van der Waals surface area contributed by atoms with Gasteiger partial charge in [-0.1, -0.05) is 23.7 Å². The molecule has 2 heterocycles. The first-order chi connectivity index (χ1) is 13.0. The highest BCUT2D eigenvalue weighted by molar-refractivity contribution is 6.30. The normalized spacial score (nSPS) is 24.4. The highest BCUT2D eigenvalue weighted by Crippen LogP contribution is 2.49. The van der Waals surface area contributed by atoms with Crippen molar-refractivity contribution >= 4 is 23.3 Å². The van der Waals surface area contributed by atoms with Gasteiger partial charge in [0.25, 0.3) is 0 Å². The Bertz CT molecular complexity index is 845. The number of rotatable bonds is 5. The lowest BCUT2D eigenvalue weighted by molar-refractivity contribution is -0.131. The van der Waals surface area contributed by atoms with Crippen LogP contribution in [-0.4, -0.2) is 51.9 Å². The fourth-order valence-electron chi connectivity index (χ4n) is 3.95. The zero-order chi connectivity index (χ0) is 19.0. The maximum absolute atomic E-state index is 12.9. The van der Waals surface area contributed by atoms with Gasteiger partial charge >= 0.3 is 0 Å². The molecular formula is C20H24ClN5O. The van der Waals surface area contributed by atoms with Crippen LogP contribution < -0.4 is 5.73 Å². The van der Waals surface area contributed by atoms with Crippen LogP contribution in [-0.2, 0) is 11.3 Å². The molecule has 1 amide bonds. The number of halogens is 1. The third kappa shape index (κ3) is 4.06. The molecule has 1 aromatic carbocycles. The molecule has 142 valence electrons. The van der Waals surface area contributed by atoms with E-state index < -0.39 is 0 Å². The SMILES string of the molecule is CN(Cc1nccc(N)n1)[C@@H]1CCN(C(=O)[C@@H]2C[C@H]2c2cccc(Cl)c2)C1. The number of aromatic nitrogens is 2. The molecule has 0 radical (unpaired) electrons. The van der Waals surface area contributed by atoms with E-state index in [1.807, 2.05) is 23.1 Å². The van der Waals surface area contributed by atoms with E-state index in [-0.39, 0.29) is 11.8 Å². The molecule has 1 saturated heterocycles. The zero-order valence-corrected chi connectivity index (χ0v) is 16.1. The van der Waals surface area contributed by atoms with Gasteiger partial charge in [0.1, 0.15) is 11.6 Å². The molecular weight excluding hydrogens is 362 g/mol. The predicted molar refractivity (Wildman–Crippen MR) is 105 cm³/mol. The summed E-state index contributed by atoms with van der Waals surface area (Å²) in [4.78, 5) is 25.6.